The van der Waals surface area contributed by atoms with E-state index in [9.17, 15) is 9.59 Å². The predicted molar refractivity (Wildman–Crippen MR) is 107 cm³/mol. The first kappa shape index (κ1) is 18.9. The van der Waals surface area contributed by atoms with Crippen LogP contribution in [0.3, 0.4) is 0 Å². The molecule has 0 fully saturated rings. The molecule has 0 aliphatic carbocycles. The van der Waals surface area contributed by atoms with Crippen LogP contribution in [0.5, 0.6) is 0 Å². The second-order valence-electron chi connectivity index (χ2n) is 7.11. The number of rotatable bonds is 6. The van der Waals surface area contributed by atoms with Crippen LogP contribution in [0.2, 0.25) is 0 Å². The zero-order chi connectivity index (χ0) is 19.6. The maximum absolute atomic E-state index is 12.6. The zero-order valence-electron chi connectivity index (χ0n) is 16.3. The molecule has 1 unspecified atom stereocenters. The summed E-state index contributed by atoms with van der Waals surface area (Å²) in [5.74, 6) is 0.684. The van der Waals surface area contributed by atoms with Crippen LogP contribution in [-0.2, 0) is 4.79 Å². The molecule has 0 aliphatic rings. The lowest BCUT2D eigenvalue weighted by atomic mass is 9.99. The first-order chi connectivity index (χ1) is 12.9. The lowest BCUT2D eigenvalue weighted by Crippen LogP contribution is -2.29. The molecular formula is C23H25NO3. The van der Waals surface area contributed by atoms with Crippen LogP contribution in [0.15, 0.2) is 52.9 Å². The molecule has 0 aliphatic heterocycles. The highest BCUT2D eigenvalue weighted by atomic mass is 16.3. The third-order valence-corrected chi connectivity index (χ3v) is 5.09. The third-order valence-electron chi connectivity index (χ3n) is 5.09. The van der Waals surface area contributed by atoms with Crippen molar-refractivity contribution in [2.24, 2.45) is 0 Å². The summed E-state index contributed by atoms with van der Waals surface area (Å²) in [6.45, 7) is 5.82. The van der Waals surface area contributed by atoms with E-state index >= 15 is 0 Å². The minimum Gasteiger partial charge on any atom is -0.459 e. The van der Waals surface area contributed by atoms with Gasteiger partial charge in [0, 0.05) is 30.8 Å². The smallest absolute Gasteiger partial charge is 0.223 e. The van der Waals surface area contributed by atoms with Crippen LogP contribution in [0, 0.1) is 13.8 Å². The van der Waals surface area contributed by atoms with E-state index in [2.05, 4.69) is 0 Å². The van der Waals surface area contributed by atoms with Gasteiger partial charge >= 0.3 is 0 Å². The molecule has 0 N–H and O–H groups in total. The molecule has 0 saturated carbocycles. The van der Waals surface area contributed by atoms with Crippen molar-refractivity contribution in [3.63, 3.8) is 0 Å². The molecule has 0 saturated heterocycles. The van der Waals surface area contributed by atoms with Crippen molar-refractivity contribution in [3.05, 3.63) is 71.0 Å². The molecule has 0 spiro atoms. The van der Waals surface area contributed by atoms with Crippen LogP contribution in [0.4, 0.5) is 0 Å². The van der Waals surface area contributed by atoms with Gasteiger partial charge in [0.05, 0.1) is 6.04 Å². The minimum absolute atomic E-state index is 0.00865. The maximum Gasteiger partial charge on any atom is 0.223 e. The normalized spacial score (nSPS) is 12.1. The van der Waals surface area contributed by atoms with E-state index < -0.39 is 0 Å². The summed E-state index contributed by atoms with van der Waals surface area (Å²) in [7, 11) is 1.75. The van der Waals surface area contributed by atoms with Gasteiger partial charge in [-0.3, -0.25) is 9.59 Å². The van der Waals surface area contributed by atoms with Gasteiger partial charge in [0.15, 0.2) is 5.78 Å². The molecule has 3 aromatic rings. The first-order valence-electron chi connectivity index (χ1n) is 9.21. The highest BCUT2D eigenvalue weighted by Crippen LogP contribution is 2.27. The number of aryl methyl sites for hydroxylation is 2. The van der Waals surface area contributed by atoms with Gasteiger partial charge in [-0.25, -0.2) is 0 Å². The van der Waals surface area contributed by atoms with Gasteiger partial charge in [-0.05, 0) is 44.5 Å². The first-order valence-corrected chi connectivity index (χ1v) is 9.21. The number of carbonyl (C=O) groups is 2. The van der Waals surface area contributed by atoms with Crippen LogP contribution in [-0.4, -0.2) is 23.6 Å². The van der Waals surface area contributed by atoms with E-state index in [0.717, 1.165) is 27.9 Å². The largest absolute Gasteiger partial charge is 0.459 e. The molecule has 1 aromatic heterocycles. The standard InChI is InChI=1S/C23H25NO3/c1-15-9-10-16(2)19(13-15)20(25)11-12-23(26)24(4)17(3)22-14-18-7-5-6-8-21(18)27-22/h5-10,13-14,17H,11-12H2,1-4H3. The third kappa shape index (κ3) is 4.11. The Bertz CT molecular complexity index is 953. The Hall–Kier alpha value is -2.88. The number of hydrogen-bond acceptors (Lipinski definition) is 3. The Balaban J connectivity index is 1.64. The number of fused-ring (bicyclic) bond motifs is 1. The topological polar surface area (TPSA) is 50.5 Å². The average Bonchev–Trinajstić information content (AvgIpc) is 3.10. The molecule has 0 bridgehead atoms. The Morgan fingerprint density at radius 1 is 1.04 bits per heavy atom. The van der Waals surface area contributed by atoms with Gasteiger partial charge in [0.2, 0.25) is 5.91 Å². The van der Waals surface area contributed by atoms with Crippen LogP contribution in [0.25, 0.3) is 11.0 Å². The number of benzene rings is 2. The fourth-order valence-corrected chi connectivity index (χ4v) is 3.18. The number of Topliss-reactive ketones (excluding diaryl/α,β-unsaturated/α-hetero) is 1. The van der Waals surface area contributed by atoms with Crippen molar-refractivity contribution < 1.29 is 14.0 Å². The quantitative estimate of drug-likeness (QED) is 0.563. The monoisotopic (exact) mass is 363 g/mol. The summed E-state index contributed by atoms with van der Waals surface area (Å²) in [5, 5.41) is 1.02. The Morgan fingerprint density at radius 3 is 2.52 bits per heavy atom. The molecule has 1 amide bonds. The summed E-state index contributed by atoms with van der Waals surface area (Å²) in [6, 6.07) is 15.4. The molecular weight excluding hydrogens is 338 g/mol. The number of ketones is 1. The van der Waals surface area contributed by atoms with E-state index in [1.54, 1.807) is 11.9 Å². The van der Waals surface area contributed by atoms with Gasteiger partial charge in [-0.15, -0.1) is 0 Å². The molecule has 0 radical (unpaired) electrons. The van der Waals surface area contributed by atoms with Crippen LogP contribution < -0.4 is 0 Å². The van der Waals surface area contributed by atoms with Crippen molar-refractivity contribution in [2.75, 3.05) is 7.05 Å². The van der Waals surface area contributed by atoms with E-state index in [4.69, 9.17) is 4.42 Å². The van der Waals surface area contributed by atoms with Gasteiger partial charge in [-0.1, -0.05) is 35.9 Å². The van der Waals surface area contributed by atoms with Crippen LogP contribution >= 0.6 is 0 Å². The molecule has 3 rings (SSSR count). The van der Waals surface area contributed by atoms with E-state index in [1.165, 1.54) is 0 Å². The molecule has 1 atom stereocenters. The van der Waals surface area contributed by atoms with Gasteiger partial charge < -0.3 is 9.32 Å². The predicted octanol–water partition coefficient (Wildman–Crippen LogP) is 5.23. The number of furan rings is 1. The second-order valence-corrected chi connectivity index (χ2v) is 7.11. The average molecular weight is 363 g/mol. The number of para-hydroxylation sites is 1. The summed E-state index contributed by atoms with van der Waals surface area (Å²) < 4.78 is 5.86. The maximum atomic E-state index is 12.6. The fourth-order valence-electron chi connectivity index (χ4n) is 3.18. The number of carbonyl (C=O) groups excluding carboxylic acids is 2. The second kappa shape index (κ2) is 7.78. The van der Waals surface area contributed by atoms with Gasteiger partial charge in [0.1, 0.15) is 11.3 Å². The summed E-state index contributed by atoms with van der Waals surface area (Å²) >= 11 is 0. The number of nitrogens with zero attached hydrogens (tertiary/aromatic N) is 1. The molecule has 1 heterocycles. The van der Waals surface area contributed by atoms with Crippen LogP contribution in [0.1, 0.15) is 53.1 Å². The van der Waals surface area contributed by atoms with Gasteiger partial charge in [0.25, 0.3) is 0 Å². The van der Waals surface area contributed by atoms with Crippen molar-refractivity contribution in [1.29, 1.82) is 0 Å². The van der Waals surface area contributed by atoms with E-state index in [1.807, 2.05) is 69.3 Å². The van der Waals surface area contributed by atoms with Crippen molar-refractivity contribution >= 4 is 22.7 Å². The summed E-state index contributed by atoms with van der Waals surface area (Å²) in [4.78, 5) is 26.8. The lowest BCUT2D eigenvalue weighted by Gasteiger charge is -2.23. The highest BCUT2D eigenvalue weighted by Gasteiger charge is 2.21. The highest BCUT2D eigenvalue weighted by molar-refractivity contribution is 5.99. The van der Waals surface area contributed by atoms with Crippen molar-refractivity contribution in [2.45, 2.75) is 39.7 Å². The molecule has 140 valence electrons. The van der Waals surface area contributed by atoms with E-state index in [0.29, 0.717) is 5.56 Å². The minimum atomic E-state index is -0.194. The molecule has 4 nitrogen and oxygen atoms in total. The van der Waals surface area contributed by atoms with E-state index in [-0.39, 0.29) is 30.6 Å². The summed E-state index contributed by atoms with van der Waals surface area (Å²) in [6.07, 6.45) is 0.396. The zero-order valence-corrected chi connectivity index (χ0v) is 16.3. The molecule has 4 heteroatoms. The molecule has 27 heavy (non-hydrogen) atoms. The van der Waals surface area contributed by atoms with Crippen molar-refractivity contribution in [3.8, 4) is 0 Å². The lowest BCUT2D eigenvalue weighted by molar-refractivity contribution is -0.132. The SMILES string of the molecule is Cc1ccc(C)c(C(=O)CCC(=O)N(C)C(C)c2cc3ccccc3o2)c1. The number of hydrogen-bond donors (Lipinski definition) is 0. The Labute approximate surface area is 159 Å². The Kier molecular flexibility index (Phi) is 5.45. The molecule has 2 aromatic carbocycles. The number of amides is 1. The summed E-state index contributed by atoms with van der Waals surface area (Å²) in [5.41, 5.74) is 3.51. The Morgan fingerprint density at radius 2 is 1.78 bits per heavy atom. The van der Waals surface area contributed by atoms with Crippen molar-refractivity contribution in [1.82, 2.24) is 4.90 Å². The fraction of sp³-hybridized carbons (Fsp3) is 0.304. The van der Waals surface area contributed by atoms with Gasteiger partial charge in [-0.2, -0.15) is 0 Å².